The summed E-state index contributed by atoms with van der Waals surface area (Å²) >= 11 is 0. The summed E-state index contributed by atoms with van der Waals surface area (Å²) < 4.78 is 44.8. The van der Waals surface area contributed by atoms with Gasteiger partial charge in [-0.3, -0.25) is 4.79 Å². The first-order chi connectivity index (χ1) is 13.9. The molecule has 0 heterocycles. The molecule has 2 aromatic rings. The molecule has 0 aliphatic carbocycles. The van der Waals surface area contributed by atoms with Gasteiger partial charge in [0, 0.05) is 18.7 Å². The highest BCUT2D eigenvalue weighted by atomic mass is 19.3. The van der Waals surface area contributed by atoms with Crippen molar-refractivity contribution in [3.05, 3.63) is 53.6 Å². The summed E-state index contributed by atoms with van der Waals surface area (Å²) in [7, 11) is 4.47. The zero-order valence-corrected chi connectivity index (χ0v) is 16.4. The Bertz CT molecular complexity index is 833. The second-order valence-corrected chi connectivity index (χ2v) is 5.88. The van der Waals surface area contributed by atoms with Gasteiger partial charge in [0.05, 0.1) is 21.3 Å². The van der Waals surface area contributed by atoms with E-state index in [0.717, 1.165) is 11.1 Å². The molecule has 0 aromatic heterocycles. The lowest BCUT2D eigenvalue weighted by molar-refractivity contribution is -0.116. The molecule has 0 unspecified atom stereocenters. The number of alkyl halides is 2. The van der Waals surface area contributed by atoms with E-state index in [1.165, 1.54) is 19.3 Å². The van der Waals surface area contributed by atoms with Crippen molar-refractivity contribution >= 4 is 12.0 Å². The maximum atomic E-state index is 12.5. The normalized spacial score (nSPS) is 10.8. The maximum absolute atomic E-state index is 12.5. The third kappa shape index (κ3) is 6.99. The Morgan fingerprint density at radius 1 is 1.00 bits per heavy atom. The van der Waals surface area contributed by atoms with Gasteiger partial charge in [-0.15, -0.1) is 0 Å². The average molecular weight is 407 g/mol. The van der Waals surface area contributed by atoms with Gasteiger partial charge in [0.1, 0.15) is 11.5 Å². The van der Waals surface area contributed by atoms with Crippen LogP contribution in [-0.4, -0.2) is 40.4 Å². The van der Waals surface area contributed by atoms with Crippen LogP contribution in [0, 0.1) is 0 Å². The van der Waals surface area contributed by atoms with Gasteiger partial charge in [0.2, 0.25) is 5.91 Å². The van der Waals surface area contributed by atoms with Crippen molar-refractivity contribution in [3.63, 3.8) is 0 Å². The molecule has 0 fully saturated rings. The Balaban J connectivity index is 1.92. The molecular formula is C21H23F2NO5. The molecule has 0 aliphatic heterocycles. The highest BCUT2D eigenvalue weighted by Crippen LogP contribution is 2.29. The first-order valence-electron chi connectivity index (χ1n) is 8.76. The van der Waals surface area contributed by atoms with Crippen molar-refractivity contribution in [2.75, 3.05) is 27.9 Å². The topological polar surface area (TPSA) is 66.0 Å². The van der Waals surface area contributed by atoms with Crippen LogP contribution in [0.5, 0.6) is 23.0 Å². The van der Waals surface area contributed by atoms with Crippen molar-refractivity contribution in [1.82, 2.24) is 5.32 Å². The Labute approximate surface area is 168 Å². The van der Waals surface area contributed by atoms with E-state index in [0.29, 0.717) is 24.5 Å². The smallest absolute Gasteiger partial charge is 0.387 e. The van der Waals surface area contributed by atoms with Gasteiger partial charge in [0.25, 0.3) is 0 Å². The monoisotopic (exact) mass is 407 g/mol. The largest absolute Gasteiger partial charge is 0.497 e. The predicted octanol–water partition coefficient (Wildman–Crippen LogP) is 3.69. The highest BCUT2D eigenvalue weighted by molar-refractivity contribution is 5.91. The molecule has 2 aromatic carbocycles. The molecule has 0 atom stereocenters. The van der Waals surface area contributed by atoms with Crippen molar-refractivity contribution in [3.8, 4) is 23.0 Å². The molecule has 0 saturated heterocycles. The van der Waals surface area contributed by atoms with Crippen molar-refractivity contribution in [2.45, 2.75) is 13.0 Å². The number of hydrogen-bond donors (Lipinski definition) is 1. The molecule has 156 valence electrons. The SMILES string of the molecule is COc1cc(/C=C/C(=O)NCCc2ccc(OC)c(OC(F)F)c2)cc(OC)c1. The van der Waals surface area contributed by atoms with Crippen LogP contribution < -0.4 is 24.3 Å². The van der Waals surface area contributed by atoms with E-state index in [1.54, 1.807) is 50.6 Å². The van der Waals surface area contributed by atoms with Crippen molar-refractivity contribution < 1.29 is 32.5 Å². The number of ether oxygens (including phenoxy) is 4. The fourth-order valence-corrected chi connectivity index (χ4v) is 2.55. The predicted molar refractivity (Wildman–Crippen MR) is 105 cm³/mol. The fraction of sp³-hybridized carbons (Fsp3) is 0.286. The van der Waals surface area contributed by atoms with Crippen LogP contribution in [0.25, 0.3) is 6.08 Å². The second kappa shape index (κ2) is 10.9. The van der Waals surface area contributed by atoms with E-state index in [-0.39, 0.29) is 17.4 Å². The van der Waals surface area contributed by atoms with E-state index in [9.17, 15) is 13.6 Å². The molecule has 0 spiro atoms. The number of rotatable bonds is 10. The fourth-order valence-electron chi connectivity index (χ4n) is 2.55. The van der Waals surface area contributed by atoms with E-state index >= 15 is 0 Å². The molecule has 1 N–H and O–H groups in total. The van der Waals surface area contributed by atoms with Gasteiger partial charge >= 0.3 is 6.61 Å². The summed E-state index contributed by atoms with van der Waals surface area (Å²) in [6.45, 7) is -2.62. The van der Waals surface area contributed by atoms with Crippen LogP contribution in [0.4, 0.5) is 8.78 Å². The number of amides is 1. The van der Waals surface area contributed by atoms with E-state index in [1.807, 2.05) is 0 Å². The van der Waals surface area contributed by atoms with Crippen molar-refractivity contribution in [1.29, 1.82) is 0 Å². The molecule has 0 radical (unpaired) electrons. The number of carbonyl (C=O) groups is 1. The highest BCUT2D eigenvalue weighted by Gasteiger charge is 2.11. The minimum absolute atomic E-state index is 0.0433. The molecule has 1 amide bonds. The van der Waals surface area contributed by atoms with E-state index in [4.69, 9.17) is 14.2 Å². The zero-order chi connectivity index (χ0) is 21.2. The van der Waals surface area contributed by atoms with Crippen LogP contribution in [0.15, 0.2) is 42.5 Å². The van der Waals surface area contributed by atoms with Crippen LogP contribution in [0.2, 0.25) is 0 Å². The van der Waals surface area contributed by atoms with Gasteiger partial charge in [-0.1, -0.05) is 6.07 Å². The minimum atomic E-state index is -2.95. The number of halogens is 2. The first kappa shape index (κ1) is 22.0. The lowest BCUT2D eigenvalue weighted by Gasteiger charge is -2.11. The number of hydrogen-bond acceptors (Lipinski definition) is 5. The second-order valence-electron chi connectivity index (χ2n) is 5.88. The third-order valence-corrected chi connectivity index (χ3v) is 3.96. The summed E-state index contributed by atoms with van der Waals surface area (Å²) in [6.07, 6.45) is 3.48. The quantitative estimate of drug-likeness (QED) is 0.609. The summed E-state index contributed by atoms with van der Waals surface area (Å²) in [5.74, 6) is 1.12. The maximum Gasteiger partial charge on any atom is 0.387 e. The summed E-state index contributed by atoms with van der Waals surface area (Å²) in [5.41, 5.74) is 1.48. The summed E-state index contributed by atoms with van der Waals surface area (Å²) in [4.78, 5) is 12.0. The van der Waals surface area contributed by atoms with Gasteiger partial charge < -0.3 is 24.3 Å². The Morgan fingerprint density at radius 3 is 2.28 bits per heavy atom. The molecule has 6 nitrogen and oxygen atoms in total. The number of carbonyl (C=O) groups excluding carboxylic acids is 1. The number of benzene rings is 2. The summed E-state index contributed by atoms with van der Waals surface area (Å²) in [5, 5.41) is 2.74. The van der Waals surface area contributed by atoms with Crippen LogP contribution >= 0.6 is 0 Å². The minimum Gasteiger partial charge on any atom is -0.497 e. The summed E-state index contributed by atoms with van der Waals surface area (Å²) in [6, 6.07) is 10.0. The Hall–Kier alpha value is -3.29. The molecule has 8 heteroatoms. The van der Waals surface area contributed by atoms with E-state index in [2.05, 4.69) is 10.1 Å². The van der Waals surface area contributed by atoms with Crippen LogP contribution in [0.1, 0.15) is 11.1 Å². The average Bonchev–Trinajstić information content (AvgIpc) is 2.71. The molecule has 2 rings (SSSR count). The van der Waals surface area contributed by atoms with Crippen molar-refractivity contribution in [2.24, 2.45) is 0 Å². The molecule has 29 heavy (non-hydrogen) atoms. The first-order valence-corrected chi connectivity index (χ1v) is 8.76. The molecule has 0 aliphatic rings. The Morgan fingerprint density at radius 2 is 1.69 bits per heavy atom. The standard InChI is InChI=1S/C21H23F2NO5/c1-26-16-10-15(11-17(13-16)27-2)5-7-20(25)24-9-8-14-4-6-18(28-3)19(12-14)29-21(22)23/h4-7,10-13,21H,8-9H2,1-3H3,(H,24,25)/b7-5+. The van der Waals surface area contributed by atoms with Gasteiger partial charge in [-0.25, -0.2) is 0 Å². The third-order valence-electron chi connectivity index (χ3n) is 3.96. The molecule has 0 saturated carbocycles. The van der Waals surface area contributed by atoms with Gasteiger partial charge in [-0.2, -0.15) is 8.78 Å². The van der Waals surface area contributed by atoms with Crippen LogP contribution in [-0.2, 0) is 11.2 Å². The van der Waals surface area contributed by atoms with Crippen LogP contribution in [0.3, 0.4) is 0 Å². The lowest BCUT2D eigenvalue weighted by Crippen LogP contribution is -2.23. The molecule has 0 bridgehead atoms. The molecular weight excluding hydrogens is 384 g/mol. The zero-order valence-electron chi connectivity index (χ0n) is 16.4. The lowest BCUT2D eigenvalue weighted by atomic mass is 10.1. The number of methoxy groups -OCH3 is 3. The van der Waals surface area contributed by atoms with Gasteiger partial charge in [-0.05, 0) is 47.9 Å². The number of nitrogens with one attached hydrogen (secondary N) is 1. The van der Waals surface area contributed by atoms with Gasteiger partial charge in [0.15, 0.2) is 11.5 Å². The Kier molecular flexibility index (Phi) is 8.27. The van der Waals surface area contributed by atoms with E-state index < -0.39 is 6.61 Å².